The van der Waals surface area contributed by atoms with Crippen LogP contribution in [0, 0.1) is 28.6 Å². The van der Waals surface area contributed by atoms with Gasteiger partial charge in [0.25, 0.3) is 5.91 Å². The Morgan fingerprint density at radius 2 is 1.42 bits per heavy atom. The minimum Gasteiger partial charge on any atom is -0.458 e. The summed E-state index contributed by atoms with van der Waals surface area (Å²) in [6.45, 7) is 7.98. The lowest BCUT2D eigenvalue weighted by Crippen LogP contribution is -2.72. The highest BCUT2D eigenvalue weighted by Gasteiger charge is 2.70. The molecule has 11 atom stereocenters. The number of esters is 3. The van der Waals surface area contributed by atoms with Crippen molar-refractivity contribution in [2.75, 3.05) is 13.2 Å². The number of nitrogens with one attached hydrogen (secondary N) is 1. The Morgan fingerprint density at radius 1 is 0.808 bits per heavy atom. The predicted molar refractivity (Wildman–Crippen MR) is 259 cm³/mol. The fourth-order valence-corrected chi connectivity index (χ4v) is 12.1. The number of amides is 4. The largest absolute Gasteiger partial charge is 0.458 e. The topological polar surface area (TPSA) is 235 Å². The summed E-state index contributed by atoms with van der Waals surface area (Å²) < 4.78 is 32.0. The van der Waals surface area contributed by atoms with Crippen molar-refractivity contribution in [1.82, 2.24) is 10.2 Å². The van der Waals surface area contributed by atoms with E-state index in [0.717, 1.165) is 0 Å². The molecule has 17 nitrogen and oxygen atoms in total. The first-order valence-corrected chi connectivity index (χ1v) is 24.9. The van der Waals surface area contributed by atoms with Crippen LogP contribution in [0.4, 0.5) is 0 Å². The third kappa shape index (κ3) is 10.6. The lowest BCUT2D eigenvalue weighted by atomic mass is 9.46. The van der Waals surface area contributed by atoms with Gasteiger partial charge in [0.1, 0.15) is 18.0 Å². The van der Waals surface area contributed by atoms with Crippen LogP contribution in [0.3, 0.4) is 0 Å². The third-order valence-corrected chi connectivity index (χ3v) is 15.5. The number of fused-ring (bicyclic) bond motifs is 5. The Balaban J connectivity index is 1.19. The Hall–Kier alpha value is -6.69. The van der Waals surface area contributed by atoms with Gasteiger partial charge in [-0.3, -0.25) is 28.8 Å². The fourth-order valence-electron chi connectivity index (χ4n) is 12.1. The number of Topliss-reactive ketones (excluding diaryl/α,β-unsaturated/α-hetero) is 2. The number of aliphatic hydroxyl groups is 1. The highest BCUT2D eigenvalue weighted by molar-refractivity contribution is 6.15. The molecule has 0 aromatic heterocycles. The molecule has 0 radical (unpaired) electrons. The number of nitrogens with zero attached hydrogens (tertiary/aromatic N) is 1. The molecule has 4 fully saturated rings. The molecule has 3 aromatic rings. The molecule has 3 aromatic carbocycles. The predicted octanol–water partition coefficient (Wildman–Crippen LogP) is 5.76. The van der Waals surface area contributed by atoms with Crippen molar-refractivity contribution in [2.45, 2.75) is 129 Å². The Kier molecular flexibility index (Phi) is 15.7. The summed E-state index contributed by atoms with van der Waals surface area (Å²) in [5.41, 5.74) is -0.696. The minimum atomic E-state index is -1.96. The molecule has 2 aliphatic heterocycles. The summed E-state index contributed by atoms with van der Waals surface area (Å²) >= 11 is 0. The molecule has 0 spiro atoms. The first-order chi connectivity index (χ1) is 34.8. The summed E-state index contributed by atoms with van der Waals surface area (Å²) in [5.74, 6) is -8.70. The van der Waals surface area contributed by atoms with Crippen LogP contribution in [0.2, 0.25) is 0 Å². The molecule has 2 bridgehead atoms. The minimum absolute atomic E-state index is 0.0150. The van der Waals surface area contributed by atoms with Crippen LogP contribution in [0.15, 0.2) is 102 Å². The molecule has 6 unspecified atom stereocenters. The van der Waals surface area contributed by atoms with E-state index in [1.54, 1.807) is 97.9 Å². The summed E-state index contributed by atoms with van der Waals surface area (Å²) in [5, 5.41) is 14.7. The molecule has 2 saturated heterocycles. The van der Waals surface area contributed by atoms with E-state index in [4.69, 9.17) is 23.7 Å². The number of imide groups is 3. The molecule has 2 heterocycles. The van der Waals surface area contributed by atoms with Crippen molar-refractivity contribution >= 4 is 53.1 Å². The number of ether oxygens (including phenoxy) is 5. The van der Waals surface area contributed by atoms with Gasteiger partial charge in [0.05, 0.1) is 36.3 Å². The summed E-state index contributed by atoms with van der Waals surface area (Å²) in [7, 11) is 0. The number of carbonyl (C=O) groups excluding carboxylic acids is 9. The van der Waals surface area contributed by atoms with Gasteiger partial charge < -0.3 is 38.9 Å². The van der Waals surface area contributed by atoms with Crippen LogP contribution in [0.5, 0.6) is 0 Å². The van der Waals surface area contributed by atoms with E-state index < -0.39 is 119 Å². The Labute approximate surface area is 423 Å². The Morgan fingerprint density at radius 3 is 2.01 bits per heavy atom. The van der Waals surface area contributed by atoms with Crippen molar-refractivity contribution in [2.24, 2.45) is 28.6 Å². The highest BCUT2D eigenvalue weighted by Crippen LogP contribution is 2.63. The number of hydrogen-bond donors (Lipinski definition) is 2. The van der Waals surface area contributed by atoms with Gasteiger partial charge in [-0.1, -0.05) is 80.6 Å². The van der Waals surface area contributed by atoms with Crippen molar-refractivity contribution in [1.29, 1.82) is 0 Å². The van der Waals surface area contributed by atoms with Gasteiger partial charge in [-0.25, -0.2) is 14.5 Å². The van der Waals surface area contributed by atoms with Gasteiger partial charge in [0.15, 0.2) is 18.0 Å². The van der Waals surface area contributed by atoms with Gasteiger partial charge in [0, 0.05) is 68.4 Å². The monoisotopic (exact) mass is 1000 g/mol. The number of carbonyl (C=O) groups is 9. The first-order valence-electron chi connectivity index (χ1n) is 24.9. The maximum absolute atomic E-state index is 15.9. The number of unbranched alkanes of at least 4 members (excludes halogenated alkanes) is 1. The summed E-state index contributed by atoms with van der Waals surface area (Å²) in [4.78, 5) is 123. The molecule has 2 saturated carbocycles. The van der Waals surface area contributed by atoms with Crippen molar-refractivity contribution in [3.8, 4) is 0 Å². The quantitative estimate of drug-likeness (QED) is 0.0538. The molecule has 5 aliphatic rings. The van der Waals surface area contributed by atoms with E-state index in [2.05, 4.69) is 5.32 Å². The van der Waals surface area contributed by atoms with E-state index >= 15 is 4.79 Å². The first kappa shape index (κ1) is 52.6. The molecule has 8 rings (SSSR count). The van der Waals surface area contributed by atoms with Gasteiger partial charge in [-0.15, -0.1) is 0 Å². The molecular formula is C56H62N2O15. The van der Waals surface area contributed by atoms with Crippen LogP contribution in [-0.4, -0.2) is 113 Å². The lowest BCUT2D eigenvalue weighted by Gasteiger charge is -2.64. The maximum Gasteiger partial charge on any atom is 0.338 e. The van der Waals surface area contributed by atoms with E-state index in [1.807, 2.05) is 13.8 Å². The summed E-state index contributed by atoms with van der Waals surface area (Å²) in [6, 6.07) is 23.7. The Bertz CT molecular complexity index is 2650. The van der Waals surface area contributed by atoms with Gasteiger partial charge in [-0.2, -0.15) is 0 Å². The fraction of sp³-hybridized carbons (Fsp3) is 0.482. The smallest absolute Gasteiger partial charge is 0.338 e. The number of likely N-dealkylation sites (tertiary alicyclic amines) is 1. The van der Waals surface area contributed by atoms with E-state index in [0.29, 0.717) is 21.6 Å². The molecular weight excluding hydrogens is 941 g/mol. The van der Waals surface area contributed by atoms with Crippen LogP contribution >= 0.6 is 0 Å². The zero-order valence-electron chi connectivity index (χ0n) is 41.6. The van der Waals surface area contributed by atoms with Crippen molar-refractivity contribution in [3.05, 3.63) is 119 Å². The number of benzene rings is 3. The van der Waals surface area contributed by atoms with Crippen LogP contribution in [-0.2, 0) is 57.2 Å². The normalized spacial score (nSPS) is 28.0. The molecule has 3 aliphatic carbocycles. The maximum atomic E-state index is 15.9. The second-order valence-corrected chi connectivity index (χ2v) is 20.5. The van der Waals surface area contributed by atoms with Gasteiger partial charge in [0.2, 0.25) is 17.7 Å². The lowest BCUT2D eigenvalue weighted by molar-refractivity contribution is -0.289. The van der Waals surface area contributed by atoms with E-state index in [-0.39, 0.29) is 81.5 Å². The average Bonchev–Trinajstić information content (AvgIpc) is 3.70. The molecule has 2 N–H and O–H groups in total. The van der Waals surface area contributed by atoms with E-state index in [1.165, 1.54) is 13.8 Å². The zero-order valence-corrected chi connectivity index (χ0v) is 41.6. The zero-order chi connectivity index (χ0) is 52.4. The second-order valence-electron chi connectivity index (χ2n) is 20.5. The van der Waals surface area contributed by atoms with Crippen LogP contribution in [0.1, 0.15) is 118 Å². The van der Waals surface area contributed by atoms with Crippen molar-refractivity contribution in [3.63, 3.8) is 0 Å². The van der Waals surface area contributed by atoms with Crippen LogP contribution in [0.25, 0.3) is 0 Å². The van der Waals surface area contributed by atoms with Gasteiger partial charge in [-0.05, 0) is 79.5 Å². The standard InChI is InChI=1S/C56H62N2O15/c1-31(59)29-56-30-70-40(56)28-39(69-26-16-15-23-41(61)58-42(62)24-25-43(58)63)44-46(56)50(73-53(67)36-21-13-8-14-22-36)37-27-38(32(2)45(55(37,4)5)51(48(44)64)71-33(3)60)72-54(68)49(65)47(34-17-9-6-10-18-34)57-52(66)35-19-11-7-12-20-35/h6-14,17-22,37-40,44,46-47,49-51,65H,15-16,23-30H2,1-5H3,(H,57,66)/t37?,38-,39-,40?,44?,46?,47-,49+,50?,51?,56+/m0/s1. The average molecular weight is 1000 g/mol. The second kappa shape index (κ2) is 21.8. The third-order valence-electron chi connectivity index (χ3n) is 15.5. The molecule has 73 heavy (non-hydrogen) atoms. The number of aliphatic hydroxyl groups excluding tert-OH is 1. The van der Waals surface area contributed by atoms with E-state index in [9.17, 15) is 43.5 Å². The summed E-state index contributed by atoms with van der Waals surface area (Å²) in [6.07, 6.45) is -7.17. The number of ketones is 2. The SMILES string of the molecule is CC(=O)C[C@@]12COC1C[C@H](OCCCCC(=O)N1C(=O)CCC1=O)C1C(=O)C(OC(C)=O)C3=C(C)[C@@H](OC(=O)[C@H](O)[C@@H](NC(=O)c4ccccc4)c4ccccc4)CC(C(OC(=O)c4ccccc4)C12)C3(C)C. The molecule has 386 valence electrons. The van der Waals surface area contributed by atoms with Crippen LogP contribution < -0.4 is 5.32 Å². The molecule has 4 amide bonds. The number of hydrogen-bond acceptors (Lipinski definition) is 15. The highest BCUT2D eigenvalue weighted by atomic mass is 16.6. The van der Waals surface area contributed by atoms with Gasteiger partial charge >= 0.3 is 17.9 Å². The number of rotatable bonds is 17. The molecule has 17 heteroatoms. The van der Waals surface area contributed by atoms with Crippen molar-refractivity contribution < 1.29 is 71.9 Å².